The lowest BCUT2D eigenvalue weighted by Gasteiger charge is -2.21. The molecule has 0 aliphatic carbocycles. The van der Waals surface area contributed by atoms with Crippen LogP contribution in [0.1, 0.15) is 67.1 Å². The third kappa shape index (κ3) is 5.85. The van der Waals surface area contributed by atoms with E-state index in [2.05, 4.69) is 49.7 Å². The van der Waals surface area contributed by atoms with Crippen molar-refractivity contribution in [1.82, 2.24) is 9.78 Å². The predicted octanol–water partition coefficient (Wildman–Crippen LogP) is 7.74. The van der Waals surface area contributed by atoms with Crippen molar-refractivity contribution in [2.75, 3.05) is 0 Å². The van der Waals surface area contributed by atoms with Crippen molar-refractivity contribution in [1.29, 1.82) is 0 Å². The van der Waals surface area contributed by atoms with Crippen LogP contribution in [0.2, 0.25) is 5.02 Å². The Morgan fingerprint density at radius 3 is 2.42 bits per heavy atom. The fourth-order valence-corrected chi connectivity index (χ4v) is 4.91. The molecule has 1 heterocycles. The molecule has 1 aromatic heterocycles. The summed E-state index contributed by atoms with van der Waals surface area (Å²) in [6.07, 6.45) is 3.41. The van der Waals surface area contributed by atoms with Crippen molar-refractivity contribution in [2.45, 2.75) is 52.5 Å². The van der Waals surface area contributed by atoms with Crippen molar-refractivity contribution in [2.24, 2.45) is 5.92 Å². The molecule has 0 saturated carbocycles. The number of aromatic nitrogens is 2. The molecule has 6 heteroatoms. The average Bonchev–Trinajstić information content (AvgIpc) is 3.25. The minimum Gasteiger partial charge on any atom is -0.481 e. The van der Waals surface area contributed by atoms with Gasteiger partial charge < -0.3 is 5.11 Å². The van der Waals surface area contributed by atoms with Gasteiger partial charge in [-0.15, -0.1) is 0 Å². The molecular weight excluding hydrogens is 472 g/mol. The van der Waals surface area contributed by atoms with Crippen LogP contribution in [0.5, 0.6) is 0 Å². The molecule has 36 heavy (non-hydrogen) atoms. The van der Waals surface area contributed by atoms with E-state index in [-0.39, 0.29) is 24.7 Å². The maximum Gasteiger partial charge on any atom is 0.303 e. The molecule has 4 rings (SSSR count). The number of aliphatic carboxylic acids is 1. The Bertz CT molecular complexity index is 1390. The number of carbonyl (C=O) groups excluding carboxylic acids is 1. The van der Waals surface area contributed by atoms with Crippen molar-refractivity contribution >= 4 is 34.3 Å². The quantitative estimate of drug-likeness (QED) is 0.225. The summed E-state index contributed by atoms with van der Waals surface area (Å²) >= 11 is 6.14. The summed E-state index contributed by atoms with van der Waals surface area (Å²) in [5, 5.41) is 15.4. The first-order valence-corrected chi connectivity index (χ1v) is 12.7. The number of benzene rings is 3. The SMILES string of the molecule is Cc1cc(Cl)ccc1-c1ccc2c(cnn2C(CC(C)C)c2ccc(C(=O)CCCC(=O)O)cc2)c1. The molecule has 0 saturated heterocycles. The summed E-state index contributed by atoms with van der Waals surface area (Å²) in [4.78, 5) is 23.2. The molecular formula is C30H31ClN2O3. The number of carboxylic acid groups (broad SMARTS) is 1. The van der Waals surface area contributed by atoms with Crippen LogP contribution in [0.4, 0.5) is 0 Å². The second kappa shape index (κ2) is 11.1. The molecule has 186 valence electrons. The van der Waals surface area contributed by atoms with Gasteiger partial charge in [-0.2, -0.15) is 5.10 Å². The van der Waals surface area contributed by atoms with Crippen LogP contribution in [-0.4, -0.2) is 26.6 Å². The van der Waals surface area contributed by atoms with E-state index < -0.39 is 5.97 Å². The van der Waals surface area contributed by atoms with E-state index in [1.54, 1.807) is 0 Å². The highest BCUT2D eigenvalue weighted by Gasteiger charge is 2.20. The number of nitrogens with zero attached hydrogens (tertiary/aromatic N) is 2. The largest absolute Gasteiger partial charge is 0.481 e. The van der Waals surface area contributed by atoms with Crippen LogP contribution in [0, 0.1) is 12.8 Å². The van der Waals surface area contributed by atoms with Crippen molar-refractivity contribution in [3.05, 3.63) is 88.6 Å². The van der Waals surface area contributed by atoms with Gasteiger partial charge in [-0.05, 0) is 72.2 Å². The molecule has 3 aromatic carbocycles. The van der Waals surface area contributed by atoms with Gasteiger partial charge in [0.2, 0.25) is 0 Å². The van der Waals surface area contributed by atoms with E-state index >= 15 is 0 Å². The van der Waals surface area contributed by atoms with E-state index in [1.165, 1.54) is 0 Å². The van der Waals surface area contributed by atoms with E-state index in [9.17, 15) is 9.59 Å². The van der Waals surface area contributed by atoms with Crippen LogP contribution in [-0.2, 0) is 4.79 Å². The van der Waals surface area contributed by atoms with Gasteiger partial charge >= 0.3 is 5.97 Å². The van der Waals surface area contributed by atoms with E-state index in [4.69, 9.17) is 21.8 Å². The monoisotopic (exact) mass is 502 g/mol. The summed E-state index contributed by atoms with van der Waals surface area (Å²) < 4.78 is 2.08. The van der Waals surface area contributed by atoms with Gasteiger partial charge in [-0.25, -0.2) is 0 Å². The molecule has 5 nitrogen and oxygen atoms in total. The lowest BCUT2D eigenvalue weighted by Crippen LogP contribution is -2.15. The summed E-state index contributed by atoms with van der Waals surface area (Å²) in [6, 6.07) is 20.1. The van der Waals surface area contributed by atoms with Crippen molar-refractivity contribution in [3.63, 3.8) is 0 Å². The van der Waals surface area contributed by atoms with Crippen LogP contribution in [0.15, 0.2) is 66.9 Å². The lowest BCUT2D eigenvalue weighted by molar-refractivity contribution is -0.137. The van der Waals surface area contributed by atoms with Gasteiger partial charge in [0, 0.05) is 28.8 Å². The molecule has 1 atom stereocenters. The smallest absolute Gasteiger partial charge is 0.303 e. The maximum atomic E-state index is 12.5. The summed E-state index contributed by atoms with van der Waals surface area (Å²) in [5.74, 6) is -0.461. The number of fused-ring (bicyclic) bond motifs is 1. The zero-order chi connectivity index (χ0) is 25.8. The Kier molecular flexibility index (Phi) is 7.90. The fourth-order valence-electron chi connectivity index (χ4n) is 4.68. The predicted molar refractivity (Wildman–Crippen MR) is 145 cm³/mol. The summed E-state index contributed by atoms with van der Waals surface area (Å²) in [6.45, 7) is 6.45. The standard InChI is InChI=1S/C30H31ClN2O3/c1-19(2)15-28(21-7-9-22(10-8-21)29(34)5-4-6-30(35)36)33-27-14-11-23(17-24(27)18-32-33)26-13-12-25(31)16-20(26)3/h7-14,16-19,28H,4-6,15H2,1-3H3,(H,35,36). The third-order valence-electron chi connectivity index (χ3n) is 6.50. The number of carboxylic acids is 1. The first kappa shape index (κ1) is 25.6. The van der Waals surface area contributed by atoms with Gasteiger partial charge in [-0.3, -0.25) is 14.3 Å². The minimum atomic E-state index is -0.878. The fraction of sp³-hybridized carbons (Fsp3) is 0.300. The molecule has 1 N–H and O–H groups in total. The number of Topliss-reactive ketones (excluding diaryl/α,β-unsaturated/α-hetero) is 1. The van der Waals surface area contributed by atoms with E-state index in [0.717, 1.165) is 44.6 Å². The maximum absolute atomic E-state index is 12.5. The van der Waals surface area contributed by atoms with Crippen LogP contribution in [0.25, 0.3) is 22.0 Å². The zero-order valence-electron chi connectivity index (χ0n) is 20.9. The number of ketones is 1. The highest BCUT2D eigenvalue weighted by molar-refractivity contribution is 6.30. The van der Waals surface area contributed by atoms with Crippen molar-refractivity contribution < 1.29 is 14.7 Å². The van der Waals surface area contributed by atoms with Gasteiger partial charge in [0.25, 0.3) is 0 Å². The Morgan fingerprint density at radius 2 is 1.75 bits per heavy atom. The molecule has 0 amide bonds. The highest BCUT2D eigenvalue weighted by atomic mass is 35.5. The average molecular weight is 503 g/mol. The lowest BCUT2D eigenvalue weighted by atomic mass is 9.95. The Morgan fingerprint density at radius 1 is 1.00 bits per heavy atom. The number of hydrogen-bond acceptors (Lipinski definition) is 3. The van der Waals surface area contributed by atoms with E-state index in [1.807, 2.05) is 42.6 Å². The third-order valence-corrected chi connectivity index (χ3v) is 6.73. The Hall–Kier alpha value is -3.44. The van der Waals surface area contributed by atoms with Crippen LogP contribution >= 0.6 is 11.6 Å². The minimum absolute atomic E-state index is 0.00591. The molecule has 0 spiro atoms. The molecule has 0 fully saturated rings. The molecule has 0 radical (unpaired) electrons. The molecule has 0 aliphatic rings. The zero-order valence-corrected chi connectivity index (χ0v) is 21.6. The number of carbonyl (C=O) groups is 2. The first-order chi connectivity index (χ1) is 17.2. The second-order valence-electron chi connectivity index (χ2n) is 9.76. The molecule has 0 aliphatic heterocycles. The van der Waals surface area contributed by atoms with Gasteiger partial charge in [-0.1, -0.05) is 61.8 Å². The number of hydrogen-bond donors (Lipinski definition) is 1. The van der Waals surface area contributed by atoms with Gasteiger partial charge in [0.05, 0.1) is 17.8 Å². The first-order valence-electron chi connectivity index (χ1n) is 12.3. The highest BCUT2D eigenvalue weighted by Crippen LogP contribution is 2.33. The van der Waals surface area contributed by atoms with Crippen molar-refractivity contribution in [3.8, 4) is 11.1 Å². The van der Waals surface area contributed by atoms with Crippen LogP contribution < -0.4 is 0 Å². The number of aryl methyl sites for hydroxylation is 1. The normalized spacial score (nSPS) is 12.2. The van der Waals surface area contributed by atoms with Gasteiger partial charge in [0.15, 0.2) is 5.78 Å². The summed E-state index contributed by atoms with van der Waals surface area (Å²) in [5.41, 5.74) is 6.17. The summed E-state index contributed by atoms with van der Waals surface area (Å²) in [7, 11) is 0. The van der Waals surface area contributed by atoms with Crippen LogP contribution in [0.3, 0.4) is 0 Å². The second-order valence-corrected chi connectivity index (χ2v) is 10.2. The topological polar surface area (TPSA) is 72.2 Å². The number of halogens is 1. The molecule has 4 aromatic rings. The van der Waals surface area contributed by atoms with E-state index in [0.29, 0.717) is 17.9 Å². The van der Waals surface area contributed by atoms with Gasteiger partial charge in [0.1, 0.15) is 0 Å². The Labute approximate surface area is 216 Å². The number of rotatable bonds is 10. The molecule has 1 unspecified atom stereocenters. The molecule has 0 bridgehead atoms. The Balaban J connectivity index is 1.62.